The van der Waals surface area contributed by atoms with Crippen molar-refractivity contribution in [1.29, 1.82) is 0 Å². The summed E-state index contributed by atoms with van der Waals surface area (Å²) >= 11 is 0. The molecule has 1 aromatic heterocycles. The average molecular weight is 236 g/mol. The predicted molar refractivity (Wildman–Crippen MR) is 59.7 cm³/mol. The van der Waals surface area contributed by atoms with Crippen LogP contribution in [0, 0.1) is 15.9 Å². The van der Waals surface area contributed by atoms with E-state index in [0.717, 1.165) is 6.07 Å². The number of halogens is 1. The number of aryl methyl sites for hydroxylation is 1. The van der Waals surface area contributed by atoms with Gasteiger partial charge in [-0.1, -0.05) is 6.07 Å². The van der Waals surface area contributed by atoms with Crippen molar-refractivity contribution in [3.63, 3.8) is 0 Å². The van der Waals surface area contributed by atoms with Gasteiger partial charge in [-0.05, 0) is 6.07 Å². The number of benzene rings is 1. The van der Waals surface area contributed by atoms with Crippen LogP contribution in [0.5, 0.6) is 0 Å². The van der Waals surface area contributed by atoms with Crippen molar-refractivity contribution in [3.8, 4) is 11.3 Å². The van der Waals surface area contributed by atoms with Crippen LogP contribution in [0.15, 0.2) is 24.3 Å². The van der Waals surface area contributed by atoms with Gasteiger partial charge >= 0.3 is 5.69 Å². The summed E-state index contributed by atoms with van der Waals surface area (Å²) in [5.41, 5.74) is 5.32. The molecule has 17 heavy (non-hydrogen) atoms. The van der Waals surface area contributed by atoms with Gasteiger partial charge in [0.2, 0.25) is 5.82 Å². The molecule has 6 nitrogen and oxygen atoms in total. The molecule has 7 heteroatoms. The monoisotopic (exact) mass is 236 g/mol. The fourth-order valence-electron chi connectivity index (χ4n) is 1.47. The number of nitro groups is 1. The lowest BCUT2D eigenvalue weighted by Gasteiger charge is -1.99. The second kappa shape index (κ2) is 3.85. The van der Waals surface area contributed by atoms with Crippen molar-refractivity contribution >= 4 is 11.5 Å². The maximum Gasteiger partial charge on any atom is 0.305 e. The Labute approximate surface area is 95.6 Å². The summed E-state index contributed by atoms with van der Waals surface area (Å²) in [4.78, 5) is 9.82. The van der Waals surface area contributed by atoms with Gasteiger partial charge in [-0.25, -0.2) is 0 Å². The first kappa shape index (κ1) is 11.1. The number of rotatable bonds is 2. The molecular weight excluding hydrogens is 227 g/mol. The molecule has 1 heterocycles. The Morgan fingerprint density at radius 1 is 1.53 bits per heavy atom. The molecule has 0 radical (unpaired) electrons. The van der Waals surface area contributed by atoms with E-state index in [1.54, 1.807) is 7.05 Å². The third-order valence-corrected chi connectivity index (χ3v) is 2.37. The number of anilines is 1. The van der Waals surface area contributed by atoms with E-state index >= 15 is 0 Å². The van der Waals surface area contributed by atoms with E-state index in [1.807, 2.05) is 0 Å². The van der Waals surface area contributed by atoms with Crippen LogP contribution < -0.4 is 5.73 Å². The quantitative estimate of drug-likeness (QED) is 0.635. The second-order valence-corrected chi connectivity index (χ2v) is 3.47. The smallest absolute Gasteiger partial charge is 0.305 e. The Morgan fingerprint density at radius 3 is 2.76 bits per heavy atom. The molecule has 0 saturated heterocycles. The van der Waals surface area contributed by atoms with Crippen LogP contribution in [0.1, 0.15) is 0 Å². The Morgan fingerprint density at radius 2 is 2.24 bits per heavy atom. The first-order chi connectivity index (χ1) is 8.00. The molecule has 0 aliphatic heterocycles. The number of nitrogens with zero attached hydrogens (tertiary/aromatic N) is 3. The SMILES string of the molecule is Cn1nc(-c2cccc([N+](=O)[O-])c2F)cc1N. The van der Waals surface area contributed by atoms with Crippen LogP contribution in [0.4, 0.5) is 15.9 Å². The van der Waals surface area contributed by atoms with Gasteiger partial charge in [0.05, 0.1) is 10.6 Å². The highest BCUT2D eigenvalue weighted by molar-refractivity contribution is 5.66. The second-order valence-electron chi connectivity index (χ2n) is 3.47. The number of hydrogen-bond donors (Lipinski definition) is 1. The maximum absolute atomic E-state index is 13.8. The molecule has 2 rings (SSSR count). The van der Waals surface area contributed by atoms with E-state index < -0.39 is 16.4 Å². The zero-order chi connectivity index (χ0) is 12.6. The third-order valence-electron chi connectivity index (χ3n) is 2.37. The minimum atomic E-state index is -0.907. The van der Waals surface area contributed by atoms with E-state index in [2.05, 4.69) is 5.10 Å². The number of nitrogen functional groups attached to an aromatic ring is 1. The van der Waals surface area contributed by atoms with Crippen LogP contribution in [0.25, 0.3) is 11.3 Å². The summed E-state index contributed by atoms with van der Waals surface area (Å²) < 4.78 is 15.2. The molecule has 1 aromatic carbocycles. The summed E-state index contributed by atoms with van der Waals surface area (Å²) in [5.74, 6) is -0.554. The van der Waals surface area contributed by atoms with Gasteiger partial charge in [-0.15, -0.1) is 0 Å². The van der Waals surface area contributed by atoms with Crippen LogP contribution in [0.3, 0.4) is 0 Å². The van der Waals surface area contributed by atoms with Crippen molar-refractivity contribution in [2.45, 2.75) is 0 Å². The van der Waals surface area contributed by atoms with Crippen LogP contribution in [0.2, 0.25) is 0 Å². The summed E-state index contributed by atoms with van der Waals surface area (Å²) in [6.45, 7) is 0. The van der Waals surface area contributed by atoms with Gasteiger partial charge in [-0.3, -0.25) is 14.8 Å². The van der Waals surface area contributed by atoms with Crippen LogP contribution in [-0.4, -0.2) is 14.7 Å². The lowest BCUT2D eigenvalue weighted by molar-refractivity contribution is -0.387. The molecule has 0 aliphatic rings. The van der Waals surface area contributed by atoms with E-state index in [4.69, 9.17) is 5.73 Å². The zero-order valence-corrected chi connectivity index (χ0v) is 8.92. The summed E-state index contributed by atoms with van der Waals surface area (Å²) in [6.07, 6.45) is 0. The molecule has 0 saturated carbocycles. The minimum Gasteiger partial charge on any atom is -0.384 e. The fourth-order valence-corrected chi connectivity index (χ4v) is 1.47. The number of nitro benzene ring substituents is 1. The zero-order valence-electron chi connectivity index (χ0n) is 8.92. The molecule has 88 valence electrons. The van der Waals surface area contributed by atoms with Gasteiger partial charge in [0, 0.05) is 24.7 Å². The summed E-state index contributed by atoms with van der Waals surface area (Å²) in [5, 5.41) is 14.6. The van der Waals surface area contributed by atoms with E-state index in [9.17, 15) is 14.5 Å². The molecule has 0 fully saturated rings. The average Bonchev–Trinajstić information content (AvgIpc) is 2.59. The first-order valence-corrected chi connectivity index (χ1v) is 4.73. The van der Waals surface area contributed by atoms with E-state index in [-0.39, 0.29) is 11.3 Å². The number of hydrogen-bond acceptors (Lipinski definition) is 4. The van der Waals surface area contributed by atoms with Gasteiger partial charge in [-0.2, -0.15) is 9.49 Å². The maximum atomic E-state index is 13.8. The largest absolute Gasteiger partial charge is 0.384 e. The number of nitrogens with two attached hydrogens (primary N) is 1. The highest BCUT2D eigenvalue weighted by Gasteiger charge is 2.19. The highest BCUT2D eigenvalue weighted by atomic mass is 19.1. The third kappa shape index (κ3) is 1.82. The van der Waals surface area contributed by atoms with E-state index in [0.29, 0.717) is 5.82 Å². The Hall–Kier alpha value is -2.44. The molecule has 0 atom stereocenters. The van der Waals surface area contributed by atoms with Crippen molar-refractivity contribution in [3.05, 3.63) is 40.2 Å². The standard InChI is InChI=1S/C10H9FN4O2/c1-14-9(12)5-7(13-14)6-3-2-4-8(10(6)11)15(16)17/h2-5H,12H2,1H3. The van der Waals surface area contributed by atoms with Gasteiger partial charge in [0.15, 0.2) is 0 Å². The molecule has 0 spiro atoms. The Bertz CT molecular complexity index is 574. The van der Waals surface area contributed by atoms with E-state index in [1.165, 1.54) is 22.9 Å². The van der Waals surface area contributed by atoms with Crippen LogP contribution in [-0.2, 0) is 7.05 Å². The Kier molecular flexibility index (Phi) is 2.51. The lowest BCUT2D eigenvalue weighted by Crippen LogP contribution is -1.97. The van der Waals surface area contributed by atoms with Gasteiger partial charge in [0.25, 0.3) is 0 Å². The molecule has 2 aromatic rings. The van der Waals surface area contributed by atoms with Crippen LogP contribution >= 0.6 is 0 Å². The van der Waals surface area contributed by atoms with Crippen molar-refractivity contribution in [2.75, 3.05) is 5.73 Å². The Balaban J connectivity index is 2.60. The normalized spacial score (nSPS) is 10.5. The molecule has 0 unspecified atom stereocenters. The fraction of sp³-hybridized carbons (Fsp3) is 0.100. The molecule has 2 N–H and O–H groups in total. The van der Waals surface area contributed by atoms with Crippen molar-refractivity contribution < 1.29 is 9.31 Å². The molecule has 0 aliphatic carbocycles. The lowest BCUT2D eigenvalue weighted by atomic mass is 10.1. The van der Waals surface area contributed by atoms with Crippen molar-refractivity contribution in [1.82, 2.24) is 9.78 Å². The van der Waals surface area contributed by atoms with Crippen molar-refractivity contribution in [2.24, 2.45) is 7.05 Å². The molecular formula is C10H9FN4O2. The molecule has 0 bridgehead atoms. The predicted octanol–water partition coefficient (Wildman–Crippen LogP) is 1.72. The minimum absolute atomic E-state index is 0.0616. The van der Waals surface area contributed by atoms with Gasteiger partial charge < -0.3 is 5.73 Å². The van der Waals surface area contributed by atoms with Gasteiger partial charge in [0.1, 0.15) is 5.82 Å². The topological polar surface area (TPSA) is 87.0 Å². The molecule has 0 amide bonds. The highest BCUT2D eigenvalue weighted by Crippen LogP contribution is 2.28. The number of aromatic nitrogens is 2. The first-order valence-electron chi connectivity index (χ1n) is 4.73. The summed E-state index contributed by atoms with van der Waals surface area (Å²) in [7, 11) is 1.61. The summed E-state index contributed by atoms with van der Waals surface area (Å²) in [6, 6.07) is 5.39.